The van der Waals surface area contributed by atoms with Gasteiger partial charge in [0.25, 0.3) is 0 Å². The van der Waals surface area contributed by atoms with Gasteiger partial charge in [-0.1, -0.05) is 0 Å². The van der Waals surface area contributed by atoms with Gasteiger partial charge in [0.15, 0.2) is 9.84 Å². The zero-order chi connectivity index (χ0) is 16.7. The highest BCUT2D eigenvalue weighted by atomic mass is 79.9. The number of rotatable bonds is 3. The number of hydrogen-bond acceptors (Lipinski definition) is 5. The van der Waals surface area contributed by atoms with Gasteiger partial charge in [0.2, 0.25) is 10.0 Å². The Balaban J connectivity index is 2.46. The molecule has 124 valence electrons. The molecule has 1 heterocycles. The van der Waals surface area contributed by atoms with Crippen molar-refractivity contribution in [3.63, 3.8) is 0 Å². The summed E-state index contributed by atoms with van der Waals surface area (Å²) in [5, 5.41) is 0. The van der Waals surface area contributed by atoms with E-state index in [4.69, 9.17) is 4.74 Å². The molecule has 1 aliphatic heterocycles. The Bertz CT molecular complexity index is 766. The second-order valence-corrected chi connectivity index (χ2v) is 10.2. The molecule has 1 aromatic rings. The van der Waals surface area contributed by atoms with Crippen LogP contribution in [0.2, 0.25) is 0 Å². The number of morpholine rings is 1. The lowest BCUT2D eigenvalue weighted by molar-refractivity contribution is -0.0440. The fourth-order valence-corrected chi connectivity index (χ4v) is 5.99. The molecule has 0 aromatic heterocycles. The normalized spacial score (nSPS) is 24.4. The van der Waals surface area contributed by atoms with E-state index in [2.05, 4.69) is 15.9 Å². The molecule has 0 amide bonds. The first-order chi connectivity index (χ1) is 10.0. The lowest BCUT2D eigenvalue weighted by atomic mass is 10.3. The highest BCUT2D eigenvalue weighted by molar-refractivity contribution is 9.10. The number of halogens is 1. The van der Waals surface area contributed by atoms with Crippen molar-refractivity contribution in [1.82, 2.24) is 4.31 Å². The van der Waals surface area contributed by atoms with Crippen LogP contribution < -0.4 is 0 Å². The van der Waals surface area contributed by atoms with E-state index < -0.39 is 19.9 Å². The quantitative estimate of drug-likeness (QED) is 0.754. The molecule has 1 aromatic carbocycles. The summed E-state index contributed by atoms with van der Waals surface area (Å²) in [4.78, 5) is -0.0691. The van der Waals surface area contributed by atoms with E-state index >= 15 is 0 Å². The van der Waals surface area contributed by atoms with Crippen molar-refractivity contribution in [3.05, 3.63) is 22.7 Å². The summed E-state index contributed by atoms with van der Waals surface area (Å²) in [5.41, 5.74) is 0. The zero-order valence-corrected chi connectivity index (χ0v) is 15.7. The maximum atomic E-state index is 12.7. The van der Waals surface area contributed by atoms with E-state index in [9.17, 15) is 16.8 Å². The van der Waals surface area contributed by atoms with Gasteiger partial charge < -0.3 is 4.74 Å². The molecule has 1 saturated heterocycles. The Morgan fingerprint density at radius 1 is 1.14 bits per heavy atom. The van der Waals surface area contributed by atoms with Gasteiger partial charge in [-0.2, -0.15) is 4.31 Å². The van der Waals surface area contributed by atoms with Crippen molar-refractivity contribution < 1.29 is 21.6 Å². The second kappa shape index (κ2) is 6.20. The molecule has 1 aliphatic rings. The van der Waals surface area contributed by atoms with Crippen LogP contribution in [0.4, 0.5) is 0 Å². The maximum Gasteiger partial charge on any atom is 0.243 e. The molecule has 2 rings (SSSR count). The Labute approximate surface area is 139 Å². The van der Waals surface area contributed by atoms with Crippen molar-refractivity contribution in [1.29, 1.82) is 0 Å². The number of nitrogens with zero attached hydrogens (tertiary/aromatic N) is 1. The molecule has 0 saturated carbocycles. The van der Waals surface area contributed by atoms with E-state index in [1.807, 2.05) is 13.8 Å². The molecule has 0 bridgehead atoms. The fourth-order valence-electron chi connectivity index (χ4n) is 2.40. The molecule has 2 atom stereocenters. The minimum absolute atomic E-state index is 0.0302. The number of ether oxygens (including phenoxy) is 1. The van der Waals surface area contributed by atoms with Crippen LogP contribution in [0.1, 0.15) is 13.8 Å². The van der Waals surface area contributed by atoms with Crippen molar-refractivity contribution in [2.24, 2.45) is 0 Å². The number of sulfone groups is 1. The molecule has 0 spiro atoms. The highest BCUT2D eigenvalue weighted by Crippen LogP contribution is 2.28. The molecule has 6 nitrogen and oxygen atoms in total. The minimum Gasteiger partial charge on any atom is -0.373 e. The van der Waals surface area contributed by atoms with Gasteiger partial charge in [0.05, 0.1) is 22.0 Å². The predicted molar refractivity (Wildman–Crippen MR) is 86.0 cm³/mol. The number of sulfonamides is 1. The third kappa shape index (κ3) is 3.70. The second-order valence-electron chi connectivity index (χ2n) is 5.44. The van der Waals surface area contributed by atoms with Crippen LogP contribution in [-0.4, -0.2) is 52.7 Å². The molecule has 1 fully saturated rings. The summed E-state index contributed by atoms with van der Waals surface area (Å²) >= 11 is 3.14. The molecule has 9 heteroatoms. The van der Waals surface area contributed by atoms with Crippen LogP contribution in [-0.2, 0) is 24.6 Å². The van der Waals surface area contributed by atoms with Gasteiger partial charge in [-0.05, 0) is 48.0 Å². The maximum absolute atomic E-state index is 12.7. The van der Waals surface area contributed by atoms with Gasteiger partial charge in [0.1, 0.15) is 0 Å². The Hall–Kier alpha value is -0.480. The molecular weight excluding hydrogens is 394 g/mol. The average Bonchev–Trinajstić information content (AvgIpc) is 2.36. The first kappa shape index (κ1) is 17.9. The van der Waals surface area contributed by atoms with Crippen LogP contribution >= 0.6 is 15.9 Å². The lowest BCUT2D eigenvalue weighted by Gasteiger charge is -2.34. The van der Waals surface area contributed by atoms with Gasteiger partial charge in [-0.15, -0.1) is 0 Å². The third-order valence-electron chi connectivity index (χ3n) is 3.33. The van der Waals surface area contributed by atoms with Crippen molar-refractivity contribution >= 4 is 35.8 Å². The van der Waals surface area contributed by atoms with E-state index in [0.29, 0.717) is 4.47 Å². The predicted octanol–water partition coefficient (Wildman–Crippen LogP) is 1.65. The van der Waals surface area contributed by atoms with Crippen LogP contribution in [0.3, 0.4) is 0 Å². The van der Waals surface area contributed by atoms with E-state index in [0.717, 1.165) is 6.26 Å². The minimum atomic E-state index is -3.76. The van der Waals surface area contributed by atoms with Gasteiger partial charge in [-0.3, -0.25) is 0 Å². The summed E-state index contributed by atoms with van der Waals surface area (Å²) in [6.07, 6.45) is 0.634. The molecule has 0 unspecified atom stereocenters. The Morgan fingerprint density at radius 3 is 2.18 bits per heavy atom. The van der Waals surface area contributed by atoms with Crippen LogP contribution in [0.15, 0.2) is 32.5 Å². The Kier molecular flexibility index (Phi) is 5.03. The monoisotopic (exact) mass is 411 g/mol. The van der Waals surface area contributed by atoms with Gasteiger partial charge >= 0.3 is 0 Å². The van der Waals surface area contributed by atoms with Crippen molar-refractivity contribution in [3.8, 4) is 0 Å². The van der Waals surface area contributed by atoms with Gasteiger partial charge in [-0.25, -0.2) is 16.8 Å². The smallest absolute Gasteiger partial charge is 0.243 e. The standard InChI is InChI=1S/C13H18BrNO5S2/c1-9-7-15(8-10(2)20-9)22(18,19)11-4-5-12(14)13(6-11)21(3,16)17/h4-6,9-10H,7-8H2,1-3H3/t9-,10-/m1/s1. The fraction of sp³-hybridized carbons (Fsp3) is 0.538. The van der Waals surface area contributed by atoms with Crippen LogP contribution in [0, 0.1) is 0 Å². The van der Waals surface area contributed by atoms with Crippen molar-refractivity contribution in [2.75, 3.05) is 19.3 Å². The number of hydrogen-bond donors (Lipinski definition) is 0. The van der Waals surface area contributed by atoms with Crippen LogP contribution in [0.5, 0.6) is 0 Å². The molecule has 0 radical (unpaired) electrons. The van der Waals surface area contributed by atoms with Crippen LogP contribution in [0.25, 0.3) is 0 Å². The van der Waals surface area contributed by atoms with Gasteiger partial charge in [0, 0.05) is 23.8 Å². The topological polar surface area (TPSA) is 80.8 Å². The lowest BCUT2D eigenvalue weighted by Crippen LogP contribution is -2.48. The van der Waals surface area contributed by atoms with E-state index in [1.54, 1.807) is 0 Å². The molecule has 0 aliphatic carbocycles. The van der Waals surface area contributed by atoms with E-state index in [-0.39, 0.29) is 35.1 Å². The SMILES string of the molecule is C[C@@H]1CN(S(=O)(=O)c2ccc(Br)c(S(C)(=O)=O)c2)C[C@@H](C)O1. The largest absolute Gasteiger partial charge is 0.373 e. The average molecular weight is 412 g/mol. The summed E-state index contributed by atoms with van der Waals surface area (Å²) in [6, 6.07) is 4.04. The van der Waals surface area contributed by atoms with Crippen molar-refractivity contribution in [2.45, 2.75) is 35.8 Å². The Morgan fingerprint density at radius 2 is 1.68 bits per heavy atom. The zero-order valence-electron chi connectivity index (χ0n) is 12.5. The van der Waals surface area contributed by atoms with E-state index in [1.165, 1.54) is 22.5 Å². The molecule has 22 heavy (non-hydrogen) atoms. The summed E-state index contributed by atoms with van der Waals surface area (Å²) in [6.45, 7) is 4.11. The highest BCUT2D eigenvalue weighted by Gasteiger charge is 2.32. The first-order valence-electron chi connectivity index (χ1n) is 6.67. The number of benzene rings is 1. The first-order valence-corrected chi connectivity index (χ1v) is 10.8. The third-order valence-corrected chi connectivity index (χ3v) is 7.24. The molecular formula is C13H18BrNO5S2. The molecule has 0 N–H and O–H groups in total. The summed E-state index contributed by atoms with van der Waals surface area (Å²) in [7, 11) is -7.28. The summed E-state index contributed by atoms with van der Waals surface area (Å²) < 4.78 is 56.2. The summed E-state index contributed by atoms with van der Waals surface area (Å²) in [5.74, 6) is 0.